The molecule has 220 valence electrons. The molecule has 8 bridgehead atoms. The van der Waals surface area contributed by atoms with Gasteiger partial charge in [0.25, 0.3) is 10.1 Å². The second-order valence-corrected chi connectivity index (χ2v) is 11.8. The summed E-state index contributed by atoms with van der Waals surface area (Å²) in [6, 6.07) is 27.6. The first-order valence-electron chi connectivity index (χ1n) is 13.6. The van der Waals surface area contributed by atoms with E-state index in [-0.39, 0.29) is 32.4 Å². The van der Waals surface area contributed by atoms with Gasteiger partial charge in [0.1, 0.15) is 27.5 Å². The summed E-state index contributed by atoms with van der Waals surface area (Å²) < 4.78 is 35.2. The smallest absolute Gasteiger partial charge is 0.295 e. The molecule has 0 atom stereocenters. The summed E-state index contributed by atoms with van der Waals surface area (Å²) in [5, 5.41) is 2.36. The van der Waals surface area contributed by atoms with Crippen molar-refractivity contribution in [2.75, 3.05) is 0 Å². The number of hydrogen-bond acceptors (Lipinski definition) is 8. The summed E-state index contributed by atoms with van der Waals surface area (Å²) in [5.74, 6) is 1.60. The molecule has 0 amide bonds. The number of aromatic nitrogens is 8. The maximum atomic E-state index is 12.5. The van der Waals surface area contributed by atoms with Crippen molar-refractivity contribution in [1.82, 2.24) is 39.9 Å². The van der Waals surface area contributed by atoms with Crippen LogP contribution < -0.4 is 0 Å². The number of benzene rings is 4. The zero-order chi connectivity index (χ0) is 29.6. The van der Waals surface area contributed by atoms with Crippen LogP contribution in [-0.4, -0.2) is 52.8 Å². The Morgan fingerprint density at radius 2 is 0.844 bits per heavy atom. The summed E-state index contributed by atoms with van der Waals surface area (Å²) >= 11 is 0. The fraction of sp³-hybridized carbons (Fsp3) is 0. The van der Waals surface area contributed by atoms with E-state index in [1.54, 1.807) is 12.1 Å². The van der Waals surface area contributed by atoms with Crippen LogP contribution in [0.15, 0.2) is 95.9 Å². The molecule has 2 aliphatic rings. The molecule has 9 rings (SSSR count). The minimum Gasteiger partial charge on any atom is -0.324 e. The first kappa shape index (κ1) is 27.2. The number of nitrogens with zero attached hydrogens (tertiary/aromatic N) is 6. The summed E-state index contributed by atoms with van der Waals surface area (Å²) in [7, 11) is -4.62. The molecule has 0 saturated carbocycles. The van der Waals surface area contributed by atoms with E-state index in [2.05, 4.69) is 9.97 Å². The fourth-order valence-electron chi connectivity index (χ4n) is 5.87. The van der Waals surface area contributed by atoms with E-state index in [0.29, 0.717) is 45.6 Å². The number of hydrogen-bond donors (Lipinski definition) is 3. The average molecular weight is 653 g/mol. The van der Waals surface area contributed by atoms with Crippen molar-refractivity contribution < 1.29 is 29.5 Å². The summed E-state index contributed by atoms with van der Waals surface area (Å²) in [6.07, 6.45) is 0. The molecule has 0 spiro atoms. The topological polar surface area (TPSA) is 163 Å². The van der Waals surface area contributed by atoms with Gasteiger partial charge in [0.05, 0.1) is 0 Å². The minimum atomic E-state index is -4.62. The second-order valence-electron chi connectivity index (χ2n) is 10.4. The standard InChI is InChI=1S/C32H18N8O3S.Ni/c41-44(42,43)23-15-7-14-22-24(23)32-39-30-21-13-6-5-12-20(21)28(37-30)35-26-17-9-2-1-8-16(17)25(33-26)34-27-18-10-3-4-11-19(18)29(36-27)38-31(22)40-32;/h1-15H,(H,41,42,43)(H2,33,34,35,36,37,38,39,40);. The molecule has 0 fully saturated rings. The third-order valence-corrected chi connectivity index (χ3v) is 8.72. The molecule has 2 aliphatic heterocycles. The Labute approximate surface area is 264 Å². The molecule has 7 aromatic rings. The quantitative estimate of drug-likeness (QED) is 0.140. The predicted octanol–water partition coefficient (Wildman–Crippen LogP) is 6.11. The van der Waals surface area contributed by atoms with Gasteiger partial charge in [-0.25, -0.2) is 29.9 Å². The van der Waals surface area contributed by atoms with Crippen LogP contribution in [-0.2, 0) is 26.6 Å². The van der Waals surface area contributed by atoms with Crippen molar-refractivity contribution in [3.05, 3.63) is 91.0 Å². The van der Waals surface area contributed by atoms with Gasteiger partial charge < -0.3 is 9.97 Å². The molecule has 3 N–H and O–H groups in total. The number of rotatable bonds is 1. The summed E-state index contributed by atoms with van der Waals surface area (Å²) in [4.78, 5) is 35.4. The van der Waals surface area contributed by atoms with Gasteiger partial charge in [-0.1, -0.05) is 84.9 Å². The molecule has 0 saturated heterocycles. The van der Waals surface area contributed by atoms with E-state index >= 15 is 0 Å². The SMILES string of the molecule is O=S(=O)(O)c1cccc2c3nc4nc(nc5[nH]c(nc6nc(nc([nH]3)c12)-c1ccccc1-6)c1ccccc51)-c1ccccc1-4.[Ni]. The van der Waals surface area contributed by atoms with Gasteiger partial charge >= 0.3 is 0 Å². The van der Waals surface area contributed by atoms with Crippen LogP contribution in [0.1, 0.15) is 0 Å². The van der Waals surface area contributed by atoms with E-state index in [4.69, 9.17) is 29.9 Å². The molecule has 0 unspecified atom stereocenters. The van der Waals surface area contributed by atoms with Crippen LogP contribution in [0.5, 0.6) is 0 Å². The predicted molar refractivity (Wildman–Crippen MR) is 166 cm³/mol. The van der Waals surface area contributed by atoms with Gasteiger partial charge in [-0.15, -0.1) is 0 Å². The van der Waals surface area contributed by atoms with Gasteiger partial charge in [-0.05, 0) is 6.07 Å². The minimum absolute atomic E-state index is 0. The Morgan fingerprint density at radius 1 is 0.467 bits per heavy atom. The third kappa shape index (κ3) is 4.16. The summed E-state index contributed by atoms with van der Waals surface area (Å²) in [5.41, 5.74) is 4.68. The van der Waals surface area contributed by atoms with E-state index in [1.165, 1.54) is 6.07 Å². The van der Waals surface area contributed by atoms with Gasteiger partial charge in [-0.3, -0.25) is 4.55 Å². The number of H-pyrrole nitrogens is 2. The molecular weight excluding hydrogens is 635 g/mol. The fourth-order valence-corrected chi connectivity index (χ4v) is 6.59. The monoisotopic (exact) mass is 652 g/mol. The van der Waals surface area contributed by atoms with Crippen molar-refractivity contribution in [3.63, 3.8) is 0 Å². The Balaban J connectivity index is 0.00000300. The Bertz CT molecular complexity index is 2660. The molecule has 0 radical (unpaired) electrons. The van der Waals surface area contributed by atoms with Gasteiger partial charge in [-0.2, -0.15) is 8.42 Å². The molecule has 4 aromatic carbocycles. The molecule has 0 aliphatic carbocycles. The van der Waals surface area contributed by atoms with E-state index in [1.807, 2.05) is 72.8 Å². The Morgan fingerprint density at radius 3 is 1.31 bits per heavy atom. The number of aromatic amines is 2. The molecule has 11 nitrogen and oxygen atoms in total. The number of fused-ring (bicyclic) bond motifs is 20. The molecular formula is C32H18N8NiO3S. The first-order chi connectivity index (χ1) is 21.4. The Kier molecular flexibility index (Phi) is 5.94. The Hall–Kier alpha value is -5.36. The zero-order valence-corrected chi connectivity index (χ0v) is 24.6. The first-order valence-corrected chi connectivity index (χ1v) is 15.1. The van der Waals surface area contributed by atoms with Crippen molar-refractivity contribution in [2.45, 2.75) is 4.90 Å². The van der Waals surface area contributed by atoms with Crippen LogP contribution in [0.2, 0.25) is 0 Å². The van der Waals surface area contributed by atoms with Gasteiger partial charge in [0, 0.05) is 60.3 Å². The zero-order valence-electron chi connectivity index (χ0n) is 22.8. The van der Waals surface area contributed by atoms with Crippen molar-refractivity contribution in [3.8, 4) is 45.6 Å². The van der Waals surface area contributed by atoms with Crippen LogP contribution in [0.25, 0.3) is 89.7 Å². The maximum absolute atomic E-state index is 12.5. The van der Waals surface area contributed by atoms with Crippen molar-refractivity contribution in [2.24, 2.45) is 0 Å². The van der Waals surface area contributed by atoms with Crippen molar-refractivity contribution >= 4 is 54.3 Å². The van der Waals surface area contributed by atoms with Crippen LogP contribution in [0.3, 0.4) is 0 Å². The van der Waals surface area contributed by atoms with Crippen LogP contribution in [0, 0.1) is 0 Å². The van der Waals surface area contributed by atoms with E-state index in [9.17, 15) is 13.0 Å². The normalized spacial score (nSPS) is 12.1. The second kappa shape index (κ2) is 9.83. The molecule has 3 aromatic heterocycles. The molecule has 5 heterocycles. The maximum Gasteiger partial charge on any atom is 0.295 e. The summed E-state index contributed by atoms with van der Waals surface area (Å²) in [6.45, 7) is 0. The van der Waals surface area contributed by atoms with Gasteiger partial charge in [0.2, 0.25) is 0 Å². The average Bonchev–Trinajstić information content (AvgIpc) is 3.76. The molecule has 13 heteroatoms. The third-order valence-electron chi connectivity index (χ3n) is 7.82. The van der Waals surface area contributed by atoms with Crippen LogP contribution >= 0.6 is 0 Å². The number of nitrogens with one attached hydrogen (secondary N) is 2. The van der Waals surface area contributed by atoms with Gasteiger partial charge in [0.15, 0.2) is 23.3 Å². The molecule has 45 heavy (non-hydrogen) atoms. The van der Waals surface area contributed by atoms with E-state index < -0.39 is 10.1 Å². The van der Waals surface area contributed by atoms with E-state index in [0.717, 1.165) is 33.0 Å². The largest absolute Gasteiger partial charge is 0.324 e. The van der Waals surface area contributed by atoms with Crippen LogP contribution in [0.4, 0.5) is 0 Å². The van der Waals surface area contributed by atoms with Crippen molar-refractivity contribution in [1.29, 1.82) is 0 Å².